The zero-order valence-corrected chi connectivity index (χ0v) is 30.3. The topological polar surface area (TPSA) is 203 Å². The number of esters is 2. The number of carbonyl (C=O) groups excluding carboxylic acids is 5. The van der Waals surface area contributed by atoms with Crippen molar-refractivity contribution in [2.24, 2.45) is 0 Å². The van der Waals surface area contributed by atoms with Crippen LogP contribution in [0.1, 0.15) is 110 Å². The third-order valence-electron chi connectivity index (χ3n) is 4.80. The van der Waals surface area contributed by atoms with E-state index in [1.165, 1.54) is 25.9 Å². The van der Waals surface area contributed by atoms with Gasteiger partial charge in [-0.1, -0.05) is 0 Å². The fourth-order valence-corrected chi connectivity index (χ4v) is 2.53. The van der Waals surface area contributed by atoms with E-state index in [4.69, 9.17) is 29.2 Å². The van der Waals surface area contributed by atoms with E-state index in [0.29, 0.717) is 0 Å². The minimum atomic E-state index is -1.17. The Bertz CT molecular complexity index is 1060. The molecular formula is C31H56N2O13. The fraction of sp³-hybridized carbons (Fsp3) is 0.774. The van der Waals surface area contributed by atoms with E-state index in [9.17, 15) is 33.6 Å². The molecule has 0 aromatic rings. The van der Waals surface area contributed by atoms with Gasteiger partial charge in [0, 0.05) is 14.1 Å². The Morgan fingerprint density at radius 3 is 1.07 bits per heavy atom. The van der Waals surface area contributed by atoms with Crippen molar-refractivity contribution in [3.8, 4) is 0 Å². The van der Waals surface area contributed by atoms with Gasteiger partial charge in [0.1, 0.15) is 41.3 Å². The summed E-state index contributed by atoms with van der Waals surface area (Å²) in [7, 11) is 2.86. The van der Waals surface area contributed by atoms with E-state index in [2.05, 4.69) is 0 Å². The molecule has 0 unspecified atom stereocenters. The number of ketones is 1. The number of Topliss-reactive ketones (excluding diaryl/α,β-unsaturated/α-hetero) is 1. The molecule has 268 valence electrons. The number of rotatable bonds is 8. The molecule has 2 N–H and O–H groups in total. The number of carboxylic acid groups (broad SMARTS) is 2. The van der Waals surface area contributed by atoms with Crippen LogP contribution < -0.4 is 0 Å². The van der Waals surface area contributed by atoms with Gasteiger partial charge in [0.25, 0.3) is 0 Å². The number of hydrogen-bond donors (Lipinski definition) is 2. The van der Waals surface area contributed by atoms with Crippen LogP contribution in [0.4, 0.5) is 9.59 Å². The Kier molecular flexibility index (Phi) is 19.1. The van der Waals surface area contributed by atoms with Crippen molar-refractivity contribution in [2.45, 2.75) is 144 Å². The molecule has 0 fully saturated rings. The maximum Gasteiger partial charge on any atom is 0.410 e. The lowest BCUT2D eigenvalue weighted by molar-refractivity contribution is -0.160. The van der Waals surface area contributed by atoms with Crippen molar-refractivity contribution in [1.29, 1.82) is 0 Å². The minimum Gasteiger partial charge on any atom is -0.481 e. The molecule has 15 heteroatoms. The molecular weight excluding hydrogens is 608 g/mol. The summed E-state index contributed by atoms with van der Waals surface area (Å²) < 4.78 is 20.0. The average molecular weight is 665 g/mol. The Labute approximate surface area is 272 Å². The SMILES string of the molecule is CC(C)(C)OC(=O)CC(=O)O.C[C@@H](C(=O)CC(=O)OC(C)(C)C)N(C)C(=O)OC(C)(C)C.C[C@@H](C(=O)O)N(C)C(=O)OC(C)(C)C. The highest BCUT2D eigenvalue weighted by Crippen LogP contribution is 2.14. The first-order valence-electron chi connectivity index (χ1n) is 14.5. The van der Waals surface area contributed by atoms with Crippen molar-refractivity contribution in [3.63, 3.8) is 0 Å². The van der Waals surface area contributed by atoms with Crippen molar-refractivity contribution < 1.29 is 62.7 Å². The normalized spacial score (nSPS) is 12.7. The van der Waals surface area contributed by atoms with Gasteiger partial charge in [-0.25, -0.2) is 14.4 Å². The molecule has 46 heavy (non-hydrogen) atoms. The van der Waals surface area contributed by atoms with Gasteiger partial charge in [-0.05, 0) is 96.9 Å². The van der Waals surface area contributed by atoms with Crippen molar-refractivity contribution in [2.75, 3.05) is 14.1 Å². The lowest BCUT2D eigenvalue weighted by atomic mass is 10.1. The summed E-state index contributed by atoms with van der Waals surface area (Å²) >= 11 is 0. The highest BCUT2D eigenvalue weighted by atomic mass is 16.6. The van der Waals surface area contributed by atoms with Crippen molar-refractivity contribution in [1.82, 2.24) is 9.80 Å². The molecule has 0 heterocycles. The third kappa shape index (κ3) is 26.5. The fourth-order valence-electron chi connectivity index (χ4n) is 2.53. The van der Waals surface area contributed by atoms with Crippen LogP contribution >= 0.6 is 0 Å². The highest BCUT2D eigenvalue weighted by molar-refractivity contribution is 5.99. The molecule has 0 aliphatic heterocycles. The van der Waals surface area contributed by atoms with E-state index < -0.39 is 82.8 Å². The maximum atomic E-state index is 12.0. The van der Waals surface area contributed by atoms with Crippen LogP contribution in [-0.2, 0) is 42.9 Å². The van der Waals surface area contributed by atoms with E-state index in [0.717, 1.165) is 4.90 Å². The summed E-state index contributed by atoms with van der Waals surface area (Å²) in [6.07, 6.45) is -2.18. The minimum absolute atomic E-state index is 0.369. The summed E-state index contributed by atoms with van der Waals surface area (Å²) in [5.74, 6) is -3.92. The molecule has 0 radical (unpaired) electrons. The highest BCUT2D eigenvalue weighted by Gasteiger charge is 2.29. The molecule has 0 rings (SSSR count). The summed E-state index contributed by atoms with van der Waals surface area (Å²) in [6, 6.07) is -1.64. The monoisotopic (exact) mass is 664 g/mol. The number of amides is 2. The Balaban J connectivity index is -0.000000642. The number of nitrogens with zero attached hydrogens (tertiary/aromatic N) is 2. The molecule has 0 aliphatic carbocycles. The van der Waals surface area contributed by atoms with Crippen LogP contribution in [0.5, 0.6) is 0 Å². The number of ether oxygens (including phenoxy) is 4. The first-order valence-corrected chi connectivity index (χ1v) is 14.5. The van der Waals surface area contributed by atoms with Gasteiger partial charge in [0.2, 0.25) is 0 Å². The molecule has 0 saturated heterocycles. The standard InChI is InChI=1S/C15H27NO5.C9H17NO4.C7H12O4/c1-10(16(8)13(19)21-15(5,6)7)11(17)9-12(18)20-14(2,3)4;1-6(7(11)12)10(5)8(13)14-9(2,3)4;1-7(2,3)11-6(10)4-5(8)9/h10H,9H2,1-8H3;6H,1-5H3,(H,11,12);4H2,1-3H3,(H,8,9)/t10-;6-;/m00./s1. The van der Waals surface area contributed by atoms with Crippen LogP contribution in [-0.4, -0.2) is 110 Å². The zero-order chi connectivity index (χ0) is 37.6. The molecule has 0 aromatic heterocycles. The van der Waals surface area contributed by atoms with Crippen LogP contribution in [0, 0.1) is 0 Å². The van der Waals surface area contributed by atoms with Gasteiger partial charge in [-0.2, -0.15) is 0 Å². The molecule has 15 nitrogen and oxygen atoms in total. The largest absolute Gasteiger partial charge is 0.481 e. The van der Waals surface area contributed by atoms with Gasteiger partial charge in [0.15, 0.2) is 5.78 Å². The first kappa shape index (κ1) is 46.5. The van der Waals surface area contributed by atoms with Crippen molar-refractivity contribution >= 4 is 41.8 Å². The summed E-state index contributed by atoms with van der Waals surface area (Å²) in [4.78, 5) is 80.3. The lowest BCUT2D eigenvalue weighted by Crippen LogP contribution is -2.44. The summed E-state index contributed by atoms with van der Waals surface area (Å²) in [5, 5.41) is 16.8. The number of likely N-dealkylation sites (N-methyl/N-ethyl adjacent to an activating group) is 2. The summed E-state index contributed by atoms with van der Waals surface area (Å²) in [6.45, 7) is 23.6. The third-order valence-corrected chi connectivity index (χ3v) is 4.80. The molecule has 0 spiro atoms. The maximum absolute atomic E-state index is 12.0. The van der Waals surface area contributed by atoms with Crippen molar-refractivity contribution in [3.05, 3.63) is 0 Å². The molecule has 2 amide bonds. The van der Waals surface area contributed by atoms with Gasteiger partial charge < -0.3 is 34.1 Å². The number of hydrogen-bond acceptors (Lipinski definition) is 11. The Hall–Kier alpha value is -3.91. The van der Waals surface area contributed by atoms with E-state index in [-0.39, 0.29) is 6.42 Å². The predicted octanol–water partition coefficient (Wildman–Crippen LogP) is 4.67. The first-order chi connectivity index (χ1) is 20.2. The number of carboxylic acids is 2. The van der Waals surface area contributed by atoms with Gasteiger partial charge in [0.05, 0.1) is 6.04 Å². The number of carbonyl (C=O) groups is 7. The second-order valence-corrected chi connectivity index (χ2v) is 14.3. The quantitative estimate of drug-likeness (QED) is 0.206. The second kappa shape index (κ2) is 18.9. The molecule has 0 aromatic carbocycles. The predicted molar refractivity (Wildman–Crippen MR) is 168 cm³/mol. The molecule has 2 atom stereocenters. The van der Waals surface area contributed by atoms with Crippen LogP contribution in [0.25, 0.3) is 0 Å². The van der Waals surface area contributed by atoms with Crippen LogP contribution in [0.15, 0.2) is 0 Å². The average Bonchev–Trinajstić information content (AvgIpc) is 2.77. The Morgan fingerprint density at radius 2 is 0.804 bits per heavy atom. The van der Waals surface area contributed by atoms with Crippen LogP contribution in [0.2, 0.25) is 0 Å². The number of aliphatic carboxylic acids is 2. The molecule has 0 saturated carbocycles. The smallest absolute Gasteiger partial charge is 0.410 e. The second-order valence-electron chi connectivity index (χ2n) is 14.3. The van der Waals surface area contributed by atoms with Gasteiger partial charge >= 0.3 is 36.1 Å². The van der Waals surface area contributed by atoms with E-state index in [1.54, 1.807) is 90.0 Å². The lowest BCUT2D eigenvalue weighted by Gasteiger charge is -2.28. The molecule has 0 aliphatic rings. The Morgan fingerprint density at radius 1 is 0.522 bits per heavy atom. The zero-order valence-electron chi connectivity index (χ0n) is 30.3. The van der Waals surface area contributed by atoms with Crippen LogP contribution in [0.3, 0.4) is 0 Å². The van der Waals surface area contributed by atoms with E-state index >= 15 is 0 Å². The summed E-state index contributed by atoms with van der Waals surface area (Å²) in [5.41, 5.74) is -2.49. The van der Waals surface area contributed by atoms with Gasteiger partial charge in [-0.3, -0.25) is 24.1 Å². The van der Waals surface area contributed by atoms with Gasteiger partial charge in [-0.15, -0.1) is 0 Å². The van der Waals surface area contributed by atoms with E-state index in [1.807, 2.05) is 0 Å². The molecule has 0 bridgehead atoms.